The van der Waals surface area contributed by atoms with Gasteiger partial charge in [0.15, 0.2) is 6.61 Å². The summed E-state index contributed by atoms with van der Waals surface area (Å²) < 4.78 is 9.97. The molecule has 1 aromatic carbocycles. The summed E-state index contributed by atoms with van der Waals surface area (Å²) in [5.74, 6) is -1.47. The van der Waals surface area contributed by atoms with Crippen molar-refractivity contribution in [3.63, 3.8) is 0 Å². The van der Waals surface area contributed by atoms with Gasteiger partial charge in [-0.1, -0.05) is 12.1 Å². The van der Waals surface area contributed by atoms with Gasteiger partial charge in [-0.15, -0.1) is 0 Å². The molecule has 1 aromatic rings. The number of rotatable bonds is 5. The Hall–Kier alpha value is -2.04. The molecular formula is C12H14O5. The maximum absolute atomic E-state index is 11.2. The summed E-state index contributed by atoms with van der Waals surface area (Å²) in [5.41, 5.74) is 0.0184. The molecule has 17 heavy (non-hydrogen) atoms. The molecule has 0 aliphatic heterocycles. The van der Waals surface area contributed by atoms with E-state index in [1.807, 2.05) is 0 Å². The van der Waals surface area contributed by atoms with E-state index in [1.165, 1.54) is 12.1 Å². The molecule has 0 radical (unpaired) electrons. The largest absolute Gasteiger partial charge is 0.481 e. The summed E-state index contributed by atoms with van der Waals surface area (Å²) >= 11 is 0. The van der Waals surface area contributed by atoms with Crippen LogP contribution in [0.15, 0.2) is 24.3 Å². The molecule has 0 heterocycles. The van der Waals surface area contributed by atoms with Crippen molar-refractivity contribution >= 4 is 11.9 Å². The number of ether oxygens (including phenoxy) is 2. The normalized spacial score (nSPS) is 10.1. The lowest BCUT2D eigenvalue weighted by molar-refractivity contribution is -0.149. The highest BCUT2D eigenvalue weighted by molar-refractivity contribution is 5.90. The van der Waals surface area contributed by atoms with Gasteiger partial charge in [-0.2, -0.15) is 0 Å². The number of benzene rings is 1. The van der Waals surface area contributed by atoms with Crippen LogP contribution in [0.25, 0.3) is 0 Å². The molecule has 0 saturated carbocycles. The molecule has 92 valence electrons. The Morgan fingerprint density at radius 1 is 1.29 bits per heavy atom. The first-order valence-corrected chi connectivity index (χ1v) is 5.15. The zero-order valence-corrected chi connectivity index (χ0v) is 9.67. The number of carboxylic acids is 1. The first-order valence-electron chi connectivity index (χ1n) is 5.15. The lowest BCUT2D eigenvalue weighted by Gasteiger charge is -2.10. The third-order valence-corrected chi connectivity index (χ3v) is 1.83. The molecule has 0 atom stereocenters. The minimum Gasteiger partial charge on any atom is -0.481 e. The summed E-state index contributed by atoms with van der Waals surface area (Å²) in [6, 6.07) is 6.12. The number of para-hydroxylation sites is 1. The Bertz CT molecular complexity index is 411. The van der Waals surface area contributed by atoms with Crippen molar-refractivity contribution in [2.24, 2.45) is 0 Å². The summed E-state index contributed by atoms with van der Waals surface area (Å²) in [6.45, 7) is 3.15. The number of carboxylic acid groups (broad SMARTS) is 1. The highest BCUT2D eigenvalue weighted by Gasteiger charge is 2.12. The van der Waals surface area contributed by atoms with Gasteiger partial charge in [-0.05, 0) is 26.0 Å². The topological polar surface area (TPSA) is 72.8 Å². The lowest BCUT2D eigenvalue weighted by atomic mass is 10.2. The number of carbonyl (C=O) groups is 2. The molecule has 1 rings (SSSR count). The molecule has 5 heteroatoms. The third-order valence-electron chi connectivity index (χ3n) is 1.83. The van der Waals surface area contributed by atoms with Crippen LogP contribution in [-0.2, 0) is 9.53 Å². The van der Waals surface area contributed by atoms with Gasteiger partial charge in [0.25, 0.3) is 0 Å². The van der Waals surface area contributed by atoms with Gasteiger partial charge in [0.1, 0.15) is 11.3 Å². The number of hydrogen-bond acceptors (Lipinski definition) is 4. The van der Waals surface area contributed by atoms with Crippen LogP contribution in [-0.4, -0.2) is 29.8 Å². The monoisotopic (exact) mass is 238 g/mol. The molecule has 0 aliphatic rings. The fourth-order valence-corrected chi connectivity index (χ4v) is 1.20. The van der Waals surface area contributed by atoms with Crippen LogP contribution in [0.4, 0.5) is 0 Å². The molecule has 0 amide bonds. The SMILES string of the molecule is CC(C)OC(=O)COc1ccccc1C(=O)O. The second-order valence-corrected chi connectivity index (χ2v) is 3.63. The lowest BCUT2D eigenvalue weighted by Crippen LogP contribution is -2.19. The second-order valence-electron chi connectivity index (χ2n) is 3.63. The van der Waals surface area contributed by atoms with Gasteiger partial charge in [-0.25, -0.2) is 9.59 Å². The smallest absolute Gasteiger partial charge is 0.344 e. The Morgan fingerprint density at radius 2 is 1.94 bits per heavy atom. The Morgan fingerprint density at radius 3 is 2.53 bits per heavy atom. The maximum atomic E-state index is 11.2. The average Bonchev–Trinajstić information content (AvgIpc) is 2.25. The van der Waals surface area contributed by atoms with E-state index in [0.717, 1.165) is 0 Å². The fraction of sp³-hybridized carbons (Fsp3) is 0.333. The molecule has 1 N–H and O–H groups in total. The van der Waals surface area contributed by atoms with E-state index in [2.05, 4.69) is 0 Å². The van der Waals surface area contributed by atoms with Crippen LogP contribution >= 0.6 is 0 Å². The Kier molecular flexibility index (Phi) is 4.51. The van der Waals surface area contributed by atoms with Gasteiger partial charge < -0.3 is 14.6 Å². The van der Waals surface area contributed by atoms with Crippen LogP contribution in [0.1, 0.15) is 24.2 Å². The van der Waals surface area contributed by atoms with E-state index in [-0.39, 0.29) is 24.0 Å². The highest BCUT2D eigenvalue weighted by atomic mass is 16.6. The van der Waals surface area contributed by atoms with Crippen LogP contribution in [0.3, 0.4) is 0 Å². The van der Waals surface area contributed by atoms with E-state index in [0.29, 0.717) is 0 Å². The van der Waals surface area contributed by atoms with Crippen molar-refractivity contribution in [3.8, 4) is 5.75 Å². The van der Waals surface area contributed by atoms with Gasteiger partial charge in [0.05, 0.1) is 6.10 Å². The van der Waals surface area contributed by atoms with Crippen molar-refractivity contribution < 1.29 is 24.2 Å². The molecule has 0 bridgehead atoms. The Balaban J connectivity index is 2.63. The third kappa shape index (κ3) is 4.14. The highest BCUT2D eigenvalue weighted by Crippen LogP contribution is 2.17. The van der Waals surface area contributed by atoms with Crippen molar-refractivity contribution in [1.29, 1.82) is 0 Å². The summed E-state index contributed by atoms with van der Waals surface area (Å²) in [7, 11) is 0. The van der Waals surface area contributed by atoms with Gasteiger partial charge in [-0.3, -0.25) is 0 Å². The van der Waals surface area contributed by atoms with Gasteiger partial charge in [0, 0.05) is 0 Å². The minimum atomic E-state index is -1.10. The average molecular weight is 238 g/mol. The number of carbonyl (C=O) groups excluding carboxylic acids is 1. The molecule has 0 unspecified atom stereocenters. The van der Waals surface area contributed by atoms with E-state index in [9.17, 15) is 9.59 Å². The van der Waals surface area contributed by atoms with Crippen molar-refractivity contribution in [2.75, 3.05) is 6.61 Å². The van der Waals surface area contributed by atoms with Crippen LogP contribution < -0.4 is 4.74 Å². The first-order chi connectivity index (χ1) is 8.00. The first kappa shape index (κ1) is 13.0. The van der Waals surface area contributed by atoms with Crippen molar-refractivity contribution in [3.05, 3.63) is 29.8 Å². The second kappa shape index (κ2) is 5.89. The molecule has 0 spiro atoms. The predicted octanol–water partition coefficient (Wildman–Crippen LogP) is 1.72. The summed E-state index contributed by atoms with van der Waals surface area (Å²) in [6.07, 6.45) is -0.221. The maximum Gasteiger partial charge on any atom is 0.344 e. The minimum absolute atomic E-state index is 0.0184. The molecule has 5 nitrogen and oxygen atoms in total. The standard InChI is InChI=1S/C12H14O5/c1-8(2)17-11(13)7-16-10-6-4-3-5-9(10)12(14)15/h3-6,8H,7H2,1-2H3,(H,14,15). The Labute approximate surface area is 99.0 Å². The van der Waals surface area contributed by atoms with E-state index in [4.69, 9.17) is 14.6 Å². The molecule has 0 fully saturated rings. The van der Waals surface area contributed by atoms with Crippen molar-refractivity contribution in [1.82, 2.24) is 0 Å². The van der Waals surface area contributed by atoms with Crippen LogP contribution in [0.5, 0.6) is 5.75 Å². The zero-order valence-electron chi connectivity index (χ0n) is 9.67. The van der Waals surface area contributed by atoms with E-state index < -0.39 is 11.9 Å². The quantitative estimate of drug-likeness (QED) is 0.790. The molecule has 0 aromatic heterocycles. The van der Waals surface area contributed by atoms with Crippen LogP contribution in [0, 0.1) is 0 Å². The van der Waals surface area contributed by atoms with Gasteiger partial charge in [0.2, 0.25) is 0 Å². The fourth-order valence-electron chi connectivity index (χ4n) is 1.20. The number of aromatic carboxylic acids is 1. The zero-order chi connectivity index (χ0) is 12.8. The van der Waals surface area contributed by atoms with E-state index >= 15 is 0 Å². The van der Waals surface area contributed by atoms with Crippen LogP contribution in [0.2, 0.25) is 0 Å². The molecule has 0 aliphatic carbocycles. The summed E-state index contributed by atoms with van der Waals surface area (Å²) in [5, 5.41) is 8.88. The predicted molar refractivity (Wildman–Crippen MR) is 60.1 cm³/mol. The van der Waals surface area contributed by atoms with E-state index in [1.54, 1.807) is 26.0 Å². The van der Waals surface area contributed by atoms with Crippen molar-refractivity contribution in [2.45, 2.75) is 20.0 Å². The van der Waals surface area contributed by atoms with Gasteiger partial charge >= 0.3 is 11.9 Å². The molecular weight excluding hydrogens is 224 g/mol. The summed E-state index contributed by atoms with van der Waals surface area (Å²) in [4.78, 5) is 22.1. The molecule has 0 saturated heterocycles. The number of esters is 1. The number of hydrogen-bond donors (Lipinski definition) is 1.